The first-order valence-electron chi connectivity index (χ1n) is 7.25. The Morgan fingerprint density at radius 2 is 1.83 bits per heavy atom. The average Bonchev–Trinajstić information content (AvgIpc) is 2.95. The van der Waals surface area contributed by atoms with E-state index in [1.54, 1.807) is 6.92 Å². The largest absolute Gasteiger partial charge is 0.466 e. The molecule has 1 amide bonds. The van der Waals surface area contributed by atoms with Crippen LogP contribution in [0.5, 0.6) is 5.75 Å². The number of halogens is 2. The molecule has 0 spiro atoms. The van der Waals surface area contributed by atoms with Gasteiger partial charge in [-0.15, -0.1) is 0 Å². The van der Waals surface area contributed by atoms with Crippen LogP contribution in [0.1, 0.15) is 19.8 Å². The lowest BCUT2D eigenvalue weighted by Crippen LogP contribution is -2.34. The zero-order valence-electron chi connectivity index (χ0n) is 12.9. The van der Waals surface area contributed by atoms with E-state index in [0.717, 1.165) is 17.0 Å². The number of esters is 1. The van der Waals surface area contributed by atoms with E-state index in [2.05, 4.69) is 4.74 Å². The van der Waals surface area contributed by atoms with Gasteiger partial charge in [0, 0.05) is 24.7 Å². The smallest absolute Gasteiger partial charge is 0.419 e. The number of Topliss-reactive ketones (excluding diaryl/α,β-unsaturated/α-hetero) is 1. The third-order valence-electron chi connectivity index (χ3n) is 3.14. The van der Waals surface area contributed by atoms with Gasteiger partial charge in [0.1, 0.15) is 23.8 Å². The Morgan fingerprint density at radius 1 is 1.17 bits per heavy atom. The maximum atomic E-state index is 13.1. The van der Waals surface area contributed by atoms with Crippen molar-refractivity contribution in [1.82, 2.24) is 4.90 Å². The second kappa shape index (κ2) is 7.67. The molecule has 1 aromatic rings. The second-order valence-electron chi connectivity index (χ2n) is 4.91. The fraction of sp³-hybridized carbons (Fsp3) is 0.312. The number of ketones is 1. The number of benzene rings is 1. The van der Waals surface area contributed by atoms with Crippen LogP contribution in [-0.4, -0.2) is 35.9 Å². The number of ether oxygens (including phenoxy) is 2. The van der Waals surface area contributed by atoms with Crippen LogP contribution in [0.15, 0.2) is 30.0 Å². The molecule has 1 heterocycles. The highest BCUT2D eigenvalue weighted by atomic mass is 19.1. The van der Waals surface area contributed by atoms with Crippen molar-refractivity contribution < 1.29 is 32.6 Å². The number of hydrogen-bond donors (Lipinski definition) is 0. The first-order chi connectivity index (χ1) is 11.4. The fourth-order valence-corrected chi connectivity index (χ4v) is 2.19. The first-order valence-corrected chi connectivity index (χ1v) is 7.25. The van der Waals surface area contributed by atoms with Gasteiger partial charge in [0.25, 0.3) is 0 Å². The fourth-order valence-electron chi connectivity index (χ4n) is 2.19. The van der Waals surface area contributed by atoms with Crippen molar-refractivity contribution in [3.63, 3.8) is 0 Å². The van der Waals surface area contributed by atoms with E-state index < -0.39 is 35.9 Å². The van der Waals surface area contributed by atoms with Gasteiger partial charge in [-0.3, -0.25) is 14.5 Å². The summed E-state index contributed by atoms with van der Waals surface area (Å²) in [6, 6.07) is 2.34. The van der Waals surface area contributed by atoms with Gasteiger partial charge in [0.2, 0.25) is 0 Å². The number of carbonyl (C=O) groups excluding carboxylic acids is 3. The van der Waals surface area contributed by atoms with Gasteiger partial charge >= 0.3 is 12.1 Å². The van der Waals surface area contributed by atoms with Crippen LogP contribution in [0.2, 0.25) is 0 Å². The molecular formula is C16H15F2NO5. The molecule has 2 rings (SSSR count). The topological polar surface area (TPSA) is 72.9 Å². The maximum Gasteiger partial charge on any atom is 0.419 e. The number of nitrogens with zero attached hydrogens (tertiary/aromatic N) is 1. The third-order valence-corrected chi connectivity index (χ3v) is 3.14. The van der Waals surface area contributed by atoms with Gasteiger partial charge in [-0.2, -0.15) is 0 Å². The Labute approximate surface area is 136 Å². The van der Waals surface area contributed by atoms with Crippen molar-refractivity contribution in [2.75, 3.05) is 13.2 Å². The maximum absolute atomic E-state index is 13.1. The molecule has 6 nitrogen and oxygen atoms in total. The predicted molar refractivity (Wildman–Crippen MR) is 78.0 cm³/mol. The molecule has 1 aliphatic rings. The molecule has 0 unspecified atom stereocenters. The van der Waals surface area contributed by atoms with E-state index in [9.17, 15) is 23.2 Å². The Balaban J connectivity index is 2.04. The van der Waals surface area contributed by atoms with Gasteiger partial charge in [-0.25, -0.2) is 13.6 Å². The Morgan fingerprint density at radius 3 is 2.46 bits per heavy atom. The van der Waals surface area contributed by atoms with E-state index in [0.29, 0.717) is 12.5 Å². The van der Waals surface area contributed by atoms with Crippen molar-refractivity contribution in [1.29, 1.82) is 0 Å². The molecular weight excluding hydrogens is 324 g/mol. The van der Waals surface area contributed by atoms with Crippen molar-refractivity contribution in [2.45, 2.75) is 19.8 Å². The summed E-state index contributed by atoms with van der Waals surface area (Å²) in [7, 11) is 0. The summed E-state index contributed by atoms with van der Waals surface area (Å²) in [4.78, 5) is 36.6. The van der Waals surface area contributed by atoms with E-state index >= 15 is 0 Å². The summed E-state index contributed by atoms with van der Waals surface area (Å²) < 4.78 is 35.8. The van der Waals surface area contributed by atoms with Gasteiger partial charge in [0.15, 0.2) is 5.78 Å². The van der Waals surface area contributed by atoms with Gasteiger partial charge in [0.05, 0.1) is 12.3 Å². The minimum Gasteiger partial charge on any atom is -0.466 e. The Bertz CT molecular complexity index is 681. The molecule has 0 aliphatic carbocycles. The summed E-state index contributed by atoms with van der Waals surface area (Å²) in [6.07, 6.45) is 0.435. The lowest BCUT2D eigenvalue weighted by molar-refractivity contribution is -0.145. The normalized spacial score (nSPS) is 13.5. The number of allylic oxidation sites excluding steroid dienone is 1. The third kappa shape index (κ3) is 4.37. The molecule has 0 saturated carbocycles. The number of hydrogen-bond acceptors (Lipinski definition) is 5. The second-order valence-corrected chi connectivity index (χ2v) is 4.91. The summed E-state index contributed by atoms with van der Waals surface area (Å²) in [6.45, 7) is 1.92. The summed E-state index contributed by atoms with van der Waals surface area (Å²) in [5, 5.41) is 0. The van der Waals surface area contributed by atoms with Gasteiger partial charge in [-0.1, -0.05) is 6.08 Å². The number of rotatable bonds is 5. The quantitative estimate of drug-likeness (QED) is 0.609. The molecule has 8 heteroatoms. The van der Waals surface area contributed by atoms with Crippen LogP contribution in [0.25, 0.3) is 0 Å². The van der Waals surface area contributed by atoms with Gasteiger partial charge in [-0.05, 0) is 13.3 Å². The van der Waals surface area contributed by atoms with E-state index in [4.69, 9.17) is 4.74 Å². The number of carbonyl (C=O) groups is 3. The highest BCUT2D eigenvalue weighted by molar-refractivity contribution is 6.07. The van der Waals surface area contributed by atoms with Crippen LogP contribution in [0.4, 0.5) is 13.6 Å². The van der Waals surface area contributed by atoms with Crippen molar-refractivity contribution in [2.24, 2.45) is 0 Å². The van der Waals surface area contributed by atoms with Crippen molar-refractivity contribution in [3.05, 3.63) is 41.6 Å². The molecule has 0 bridgehead atoms. The predicted octanol–water partition coefficient (Wildman–Crippen LogP) is 2.58. The Hall–Kier alpha value is -2.77. The molecule has 1 aromatic carbocycles. The van der Waals surface area contributed by atoms with Gasteiger partial charge < -0.3 is 9.47 Å². The zero-order valence-corrected chi connectivity index (χ0v) is 12.9. The summed E-state index contributed by atoms with van der Waals surface area (Å²) in [5.74, 6) is -3.40. The van der Waals surface area contributed by atoms with E-state index in [1.165, 1.54) is 6.08 Å². The molecule has 0 N–H and O–H groups in total. The van der Waals surface area contributed by atoms with E-state index in [1.807, 2.05) is 0 Å². The van der Waals surface area contributed by atoms with Crippen LogP contribution < -0.4 is 4.74 Å². The Kier molecular flexibility index (Phi) is 5.62. The summed E-state index contributed by atoms with van der Waals surface area (Å²) in [5.41, 5.74) is 0.00456. The van der Waals surface area contributed by atoms with Crippen molar-refractivity contribution in [3.8, 4) is 5.75 Å². The highest BCUT2D eigenvalue weighted by Gasteiger charge is 2.29. The number of amides is 1. The molecule has 0 fully saturated rings. The standard InChI is InChI=1S/C16H15F2NO5/c1-2-23-15(21)9-14(20)13-4-3-5-19(13)16(22)24-12-7-10(17)6-11(18)8-12/h4,6-8H,2-3,5,9H2,1H3. The molecule has 0 atom stereocenters. The highest BCUT2D eigenvalue weighted by Crippen LogP contribution is 2.21. The SMILES string of the molecule is CCOC(=O)CC(=O)C1=CCCN1C(=O)Oc1cc(F)cc(F)c1. The van der Waals surface area contributed by atoms with Crippen LogP contribution in [-0.2, 0) is 14.3 Å². The van der Waals surface area contributed by atoms with Crippen molar-refractivity contribution >= 4 is 17.8 Å². The lowest BCUT2D eigenvalue weighted by atomic mass is 10.2. The van der Waals surface area contributed by atoms with E-state index in [-0.39, 0.29) is 24.6 Å². The molecule has 0 saturated heterocycles. The molecule has 128 valence electrons. The van der Waals surface area contributed by atoms with Crippen LogP contribution >= 0.6 is 0 Å². The minimum absolute atomic E-state index is 0.00456. The molecule has 1 aliphatic heterocycles. The molecule has 0 aromatic heterocycles. The first kappa shape index (κ1) is 17.6. The monoisotopic (exact) mass is 339 g/mol. The molecule has 0 radical (unpaired) electrons. The lowest BCUT2D eigenvalue weighted by Gasteiger charge is -2.18. The zero-order chi connectivity index (χ0) is 17.7. The average molecular weight is 339 g/mol. The molecule has 24 heavy (non-hydrogen) atoms. The minimum atomic E-state index is -0.957. The van der Waals surface area contributed by atoms with Crippen LogP contribution in [0.3, 0.4) is 0 Å². The van der Waals surface area contributed by atoms with Crippen LogP contribution in [0, 0.1) is 11.6 Å². The summed E-state index contributed by atoms with van der Waals surface area (Å²) >= 11 is 0.